The zero-order valence-electron chi connectivity index (χ0n) is 11.7. The maximum absolute atomic E-state index is 5.84. The normalized spacial score (nSPS) is 10.1. The second kappa shape index (κ2) is 6.14. The molecule has 0 aliphatic heterocycles. The van der Waals surface area contributed by atoms with Crippen molar-refractivity contribution in [2.75, 3.05) is 0 Å². The van der Waals surface area contributed by atoms with E-state index in [1.54, 1.807) is 6.20 Å². The van der Waals surface area contributed by atoms with Gasteiger partial charge in [0, 0.05) is 18.3 Å². The van der Waals surface area contributed by atoms with Gasteiger partial charge in [-0.05, 0) is 30.3 Å². The molecule has 0 fully saturated rings. The van der Waals surface area contributed by atoms with Gasteiger partial charge in [0.2, 0.25) is 5.88 Å². The Labute approximate surface area is 124 Å². The summed E-state index contributed by atoms with van der Waals surface area (Å²) in [5.74, 6) is 2.79. The van der Waals surface area contributed by atoms with E-state index in [1.165, 1.54) is 0 Å². The predicted octanol–water partition coefficient (Wildman–Crippen LogP) is 2.92. The number of aromatic nitrogens is 1. The molecule has 1 heterocycles. The van der Waals surface area contributed by atoms with Crippen molar-refractivity contribution in [1.82, 2.24) is 4.98 Å². The first-order valence-electron chi connectivity index (χ1n) is 6.73. The summed E-state index contributed by atoms with van der Waals surface area (Å²) in [6.45, 7) is 0. The van der Waals surface area contributed by atoms with Gasteiger partial charge in [-0.15, -0.1) is 0 Å². The van der Waals surface area contributed by atoms with Crippen LogP contribution in [0.15, 0.2) is 72.9 Å². The first kappa shape index (κ1) is 13.2. The van der Waals surface area contributed by atoms with E-state index in [0.29, 0.717) is 11.6 Å². The maximum Gasteiger partial charge on any atom is 0.219 e. The number of hydrogen-bond donors (Lipinski definition) is 0. The summed E-state index contributed by atoms with van der Waals surface area (Å²) in [5.41, 5.74) is 1.16. The molecule has 0 saturated heterocycles. The quantitative estimate of drug-likeness (QED) is 0.686. The molecule has 0 unspecified atom stereocenters. The van der Waals surface area contributed by atoms with E-state index in [2.05, 4.69) is 4.98 Å². The molecule has 0 amide bonds. The molecule has 3 rings (SSSR count). The van der Waals surface area contributed by atoms with Crippen LogP contribution in [0.2, 0.25) is 0 Å². The van der Waals surface area contributed by atoms with Crippen molar-refractivity contribution in [3.8, 4) is 23.1 Å². The van der Waals surface area contributed by atoms with E-state index in [9.17, 15) is 0 Å². The van der Waals surface area contributed by atoms with Crippen molar-refractivity contribution in [1.29, 1.82) is 0 Å². The van der Waals surface area contributed by atoms with Crippen LogP contribution in [-0.2, 0) is 0 Å². The average molecular weight is 275 g/mol. The maximum atomic E-state index is 5.84. The third-order valence-electron chi connectivity index (χ3n) is 2.89. The highest BCUT2D eigenvalue weighted by molar-refractivity contribution is 6.32. The summed E-state index contributed by atoms with van der Waals surface area (Å²) in [5, 5.41) is 0. The minimum atomic E-state index is 0.560. The molecule has 102 valence electrons. The molecule has 0 bridgehead atoms. The largest absolute Gasteiger partial charge is 0.457 e. The van der Waals surface area contributed by atoms with Gasteiger partial charge in [-0.2, -0.15) is 0 Å². The molecule has 0 spiro atoms. The van der Waals surface area contributed by atoms with Crippen LogP contribution in [0.25, 0.3) is 0 Å². The Hall–Kier alpha value is -2.75. The molecule has 21 heavy (non-hydrogen) atoms. The standard InChI is InChI=1S/C17H14BNO2/c18-13-5-3-6-14(11-13)20-15-7-4-8-16(12-15)21-17-9-1-2-10-19-17/h1-12H,18H2. The van der Waals surface area contributed by atoms with Crippen LogP contribution in [0.4, 0.5) is 0 Å². The molecule has 3 nitrogen and oxygen atoms in total. The minimum absolute atomic E-state index is 0.560. The van der Waals surface area contributed by atoms with Gasteiger partial charge in [-0.1, -0.05) is 29.7 Å². The Kier molecular flexibility index (Phi) is 3.87. The summed E-state index contributed by atoms with van der Waals surface area (Å²) in [6.07, 6.45) is 1.70. The van der Waals surface area contributed by atoms with Crippen LogP contribution in [0.1, 0.15) is 0 Å². The highest BCUT2D eigenvalue weighted by Gasteiger charge is 2.02. The SMILES string of the molecule is Bc1cccc(Oc2cccc(Oc3ccccn3)c2)c1. The van der Waals surface area contributed by atoms with Gasteiger partial charge in [0.1, 0.15) is 25.1 Å². The molecule has 0 atom stereocenters. The van der Waals surface area contributed by atoms with E-state index in [-0.39, 0.29) is 0 Å². The minimum Gasteiger partial charge on any atom is -0.457 e. The van der Waals surface area contributed by atoms with E-state index in [0.717, 1.165) is 17.0 Å². The van der Waals surface area contributed by atoms with Gasteiger partial charge in [-0.25, -0.2) is 4.98 Å². The Balaban J connectivity index is 1.77. The van der Waals surface area contributed by atoms with Crippen molar-refractivity contribution in [3.63, 3.8) is 0 Å². The van der Waals surface area contributed by atoms with Crippen LogP contribution in [-0.4, -0.2) is 12.8 Å². The molecule has 2 aromatic carbocycles. The van der Waals surface area contributed by atoms with Crippen LogP contribution >= 0.6 is 0 Å². The molecule has 4 heteroatoms. The van der Waals surface area contributed by atoms with Crippen molar-refractivity contribution >= 4 is 13.3 Å². The number of pyridine rings is 1. The van der Waals surface area contributed by atoms with Gasteiger partial charge >= 0.3 is 0 Å². The molecule has 1 aromatic heterocycles. The Bertz CT molecular complexity index is 732. The van der Waals surface area contributed by atoms with Gasteiger partial charge < -0.3 is 9.47 Å². The van der Waals surface area contributed by atoms with Gasteiger partial charge in [0.05, 0.1) is 0 Å². The fourth-order valence-electron chi connectivity index (χ4n) is 1.94. The first-order valence-corrected chi connectivity index (χ1v) is 6.73. The van der Waals surface area contributed by atoms with E-state index < -0.39 is 0 Å². The van der Waals surface area contributed by atoms with E-state index in [4.69, 9.17) is 9.47 Å². The number of nitrogens with zero attached hydrogens (tertiary/aromatic N) is 1. The van der Waals surface area contributed by atoms with E-state index >= 15 is 0 Å². The lowest BCUT2D eigenvalue weighted by molar-refractivity contribution is 0.449. The lowest BCUT2D eigenvalue weighted by Crippen LogP contribution is -2.00. The van der Waals surface area contributed by atoms with Crippen LogP contribution in [0.3, 0.4) is 0 Å². The van der Waals surface area contributed by atoms with Crippen LogP contribution in [0.5, 0.6) is 23.1 Å². The molecular formula is C17H14BNO2. The molecule has 0 N–H and O–H groups in total. The average Bonchev–Trinajstić information content (AvgIpc) is 2.49. The molecule has 0 saturated carbocycles. The number of hydrogen-bond acceptors (Lipinski definition) is 3. The molecule has 0 radical (unpaired) electrons. The monoisotopic (exact) mass is 275 g/mol. The van der Waals surface area contributed by atoms with E-state index in [1.807, 2.05) is 74.6 Å². The molecule has 0 aliphatic rings. The zero-order valence-corrected chi connectivity index (χ0v) is 11.7. The number of ether oxygens (including phenoxy) is 2. The summed E-state index contributed by atoms with van der Waals surface area (Å²) < 4.78 is 11.5. The Morgan fingerprint density at radius 3 is 2.14 bits per heavy atom. The smallest absolute Gasteiger partial charge is 0.219 e. The lowest BCUT2D eigenvalue weighted by atomic mass is 9.96. The molecule has 3 aromatic rings. The topological polar surface area (TPSA) is 31.4 Å². The van der Waals surface area contributed by atoms with Gasteiger partial charge in [0.15, 0.2) is 0 Å². The second-order valence-electron chi connectivity index (χ2n) is 4.66. The summed E-state index contributed by atoms with van der Waals surface area (Å²) in [7, 11) is 2.04. The van der Waals surface area contributed by atoms with Crippen molar-refractivity contribution in [3.05, 3.63) is 72.9 Å². The Morgan fingerprint density at radius 1 is 0.714 bits per heavy atom. The number of rotatable bonds is 4. The van der Waals surface area contributed by atoms with Gasteiger partial charge in [-0.3, -0.25) is 0 Å². The Morgan fingerprint density at radius 2 is 1.43 bits per heavy atom. The fourth-order valence-corrected chi connectivity index (χ4v) is 1.94. The van der Waals surface area contributed by atoms with Crippen LogP contribution in [0, 0.1) is 0 Å². The third-order valence-corrected chi connectivity index (χ3v) is 2.89. The third kappa shape index (κ3) is 3.63. The van der Waals surface area contributed by atoms with Crippen molar-refractivity contribution in [2.45, 2.75) is 0 Å². The summed E-state index contributed by atoms with van der Waals surface area (Å²) in [4.78, 5) is 4.14. The van der Waals surface area contributed by atoms with Crippen molar-refractivity contribution < 1.29 is 9.47 Å². The van der Waals surface area contributed by atoms with Gasteiger partial charge in [0.25, 0.3) is 0 Å². The number of benzene rings is 2. The molecular weight excluding hydrogens is 261 g/mol. The highest BCUT2D eigenvalue weighted by atomic mass is 16.5. The highest BCUT2D eigenvalue weighted by Crippen LogP contribution is 2.27. The fraction of sp³-hybridized carbons (Fsp3) is 0. The van der Waals surface area contributed by atoms with Crippen LogP contribution < -0.4 is 14.9 Å². The zero-order chi connectivity index (χ0) is 14.5. The van der Waals surface area contributed by atoms with Crippen molar-refractivity contribution in [2.24, 2.45) is 0 Å². The molecule has 0 aliphatic carbocycles. The summed E-state index contributed by atoms with van der Waals surface area (Å²) in [6, 6.07) is 21.0. The lowest BCUT2D eigenvalue weighted by Gasteiger charge is -2.09. The summed E-state index contributed by atoms with van der Waals surface area (Å²) >= 11 is 0. The first-order chi connectivity index (χ1) is 10.3. The second-order valence-corrected chi connectivity index (χ2v) is 4.66. The predicted molar refractivity (Wildman–Crippen MR) is 85.4 cm³/mol.